The summed E-state index contributed by atoms with van der Waals surface area (Å²) in [6, 6.07) is 107. The summed E-state index contributed by atoms with van der Waals surface area (Å²) in [7, 11) is 0. The summed E-state index contributed by atoms with van der Waals surface area (Å²) in [4.78, 5) is 0. The van der Waals surface area contributed by atoms with Crippen molar-refractivity contribution in [3.05, 3.63) is 386 Å². The van der Waals surface area contributed by atoms with Gasteiger partial charge in [-0.25, -0.2) is 8.78 Å². The molecule has 0 aliphatic rings. The van der Waals surface area contributed by atoms with Gasteiger partial charge in [-0.05, 0) is 113 Å². The molecule has 4 aromatic heterocycles. The van der Waals surface area contributed by atoms with Gasteiger partial charge in [-0.1, -0.05) is 188 Å². The molecular formula is C102H58F14Ir4N8-4. The standard InChI is InChI=1S/C26H13F6N2.C26H17F2N2.2C25H14F3N2.4Ir/c27-25(28,29)21-12-6-11-18(22(21)26(30,31)32)24-20-14-17-10-5-4-9-16(17)13-19(20)23(33-34-24)15-7-2-1-3-8-15;1-26(27,28)23-14-8-7-13-20(23)25-22-16-19-12-6-5-11-18(19)15-21(22)24(29-30-25)17-9-3-2-4-10-17;26-25(27,28)22-13-7-6-12-19(22)24-21-15-18-11-5-4-10-17(18)14-20(21)23(29-30-24)16-8-2-1-3-9-16;26-25(27,28)20-12-6-11-19(13-20)24-22-15-18-10-5-4-9-17(18)14-21(22)23(29-30-24)16-7-2-1-3-8-16;;;;/h1-7,9-14H;2-9,11-16H,1H3;1-8,10-15H;1-7,9-15H;;;;/q4*-1;;;;. The fourth-order valence-corrected chi connectivity index (χ4v) is 15.3. The van der Waals surface area contributed by atoms with Crippen molar-refractivity contribution in [3.63, 3.8) is 0 Å². The van der Waals surface area contributed by atoms with Crippen molar-refractivity contribution in [2.24, 2.45) is 0 Å². The summed E-state index contributed by atoms with van der Waals surface area (Å²) in [6.45, 7) is 0.907. The second-order valence-corrected chi connectivity index (χ2v) is 29.0. The molecule has 16 aromatic carbocycles. The molecule has 0 aliphatic carbocycles. The molecule has 8 nitrogen and oxygen atoms in total. The topological polar surface area (TPSA) is 103 Å². The van der Waals surface area contributed by atoms with Gasteiger partial charge in [0.1, 0.15) is 0 Å². The van der Waals surface area contributed by atoms with Crippen LogP contribution in [0, 0.1) is 24.3 Å². The number of halogens is 14. The quantitative estimate of drug-likeness (QED) is 0.0800. The van der Waals surface area contributed by atoms with Crippen LogP contribution in [0.4, 0.5) is 61.5 Å². The van der Waals surface area contributed by atoms with Gasteiger partial charge in [-0.2, -0.15) is 93.5 Å². The molecule has 0 spiro atoms. The van der Waals surface area contributed by atoms with Gasteiger partial charge in [0.15, 0.2) is 0 Å². The molecule has 128 heavy (non-hydrogen) atoms. The van der Waals surface area contributed by atoms with Crippen molar-refractivity contribution in [1.29, 1.82) is 0 Å². The van der Waals surface area contributed by atoms with Gasteiger partial charge in [-0.15, -0.1) is 144 Å². The van der Waals surface area contributed by atoms with Gasteiger partial charge in [0.2, 0.25) is 0 Å². The van der Waals surface area contributed by atoms with E-state index in [9.17, 15) is 61.5 Å². The fourth-order valence-electron chi connectivity index (χ4n) is 15.3. The summed E-state index contributed by atoms with van der Waals surface area (Å²) in [5.74, 6) is -2.99. The van der Waals surface area contributed by atoms with Crippen LogP contribution in [0.1, 0.15) is 34.7 Å². The Balaban J connectivity index is 0.000000145. The molecule has 0 atom stereocenters. The molecule has 0 bridgehead atoms. The second kappa shape index (κ2) is 38.6. The van der Waals surface area contributed by atoms with Gasteiger partial charge in [0.25, 0.3) is 5.92 Å². The molecule has 26 heteroatoms. The Morgan fingerprint density at radius 1 is 0.211 bits per heavy atom. The zero-order chi connectivity index (χ0) is 86.2. The van der Waals surface area contributed by atoms with Crippen LogP contribution in [-0.4, -0.2) is 40.8 Å². The number of aromatic nitrogens is 8. The molecule has 20 rings (SSSR count). The van der Waals surface area contributed by atoms with E-state index in [0.29, 0.717) is 73.1 Å². The van der Waals surface area contributed by atoms with Crippen LogP contribution in [-0.2, 0) is 111 Å². The molecular weight excluding hydrogens is 2370 g/mol. The third-order valence-electron chi connectivity index (χ3n) is 21.0. The van der Waals surface area contributed by atoms with Crippen molar-refractivity contribution < 1.29 is 142 Å². The van der Waals surface area contributed by atoms with E-state index in [1.54, 1.807) is 91.0 Å². The van der Waals surface area contributed by atoms with E-state index >= 15 is 0 Å². The number of rotatable bonds is 9. The molecule has 0 amide bonds. The minimum Gasteiger partial charge on any atom is -0.202 e. The largest absolute Gasteiger partial charge is 0.417 e. The monoisotopic (exact) mass is 2430 g/mol. The van der Waals surface area contributed by atoms with Gasteiger partial charge < -0.3 is 0 Å². The molecule has 0 unspecified atom stereocenters. The van der Waals surface area contributed by atoms with Crippen molar-refractivity contribution >= 4 is 86.2 Å². The average Bonchev–Trinajstić information content (AvgIpc) is 0.740. The first-order chi connectivity index (χ1) is 59.7. The van der Waals surface area contributed by atoms with Crippen molar-refractivity contribution in [1.82, 2.24) is 40.8 Å². The summed E-state index contributed by atoms with van der Waals surface area (Å²) in [5.41, 5.74) is 1.01. The smallest absolute Gasteiger partial charge is 0.202 e. The molecule has 0 aliphatic heterocycles. The third-order valence-corrected chi connectivity index (χ3v) is 21.0. The van der Waals surface area contributed by atoms with Crippen LogP contribution < -0.4 is 0 Å². The number of benzene rings is 16. The van der Waals surface area contributed by atoms with E-state index in [-0.39, 0.29) is 108 Å². The molecule has 4 heterocycles. The molecule has 4 radical (unpaired) electrons. The summed E-state index contributed by atoms with van der Waals surface area (Å²) in [5, 5.41) is 47.1. The fraction of sp³-hybridized carbons (Fsp3) is 0.0588. The SMILES string of the molecule is CC(F)(F)c1ccccc1-c1nnc(-c2[c-]cccc2)c2cc3ccccc3cc12.FC(F)(F)c1cccc(-c2nnc(-c3[c-]cccc3)c3cc4ccccc4cc23)c1.FC(F)(F)c1cccc(-c2nnc(-c3[c-]cccc3)c3cc4ccccc4cc23)c1C(F)(F)F.FC(F)(F)c1ccccc1-c1nnc(-c2[c-]cccc2)c2cc3ccccc3cc12.[Ir].[Ir].[Ir].[Ir]. The van der Waals surface area contributed by atoms with Crippen LogP contribution in [0.2, 0.25) is 0 Å². The van der Waals surface area contributed by atoms with Crippen molar-refractivity contribution in [2.45, 2.75) is 37.6 Å². The van der Waals surface area contributed by atoms with Crippen LogP contribution in [0.25, 0.3) is 176 Å². The second-order valence-electron chi connectivity index (χ2n) is 29.0. The van der Waals surface area contributed by atoms with E-state index in [1.165, 1.54) is 24.3 Å². The van der Waals surface area contributed by atoms with Crippen LogP contribution in [0.5, 0.6) is 0 Å². The van der Waals surface area contributed by atoms with Gasteiger partial charge >= 0.3 is 24.7 Å². The van der Waals surface area contributed by atoms with E-state index in [2.05, 4.69) is 65.1 Å². The number of fused-ring (bicyclic) bond motifs is 8. The van der Waals surface area contributed by atoms with E-state index in [1.807, 2.05) is 182 Å². The maximum Gasteiger partial charge on any atom is 0.417 e. The van der Waals surface area contributed by atoms with Crippen molar-refractivity contribution in [3.8, 4) is 90.1 Å². The Hall–Kier alpha value is -12.5. The Morgan fingerprint density at radius 3 is 0.766 bits per heavy atom. The van der Waals surface area contributed by atoms with Gasteiger partial charge in [0.05, 0.1) is 45.0 Å². The van der Waals surface area contributed by atoms with E-state index in [0.717, 1.165) is 119 Å². The van der Waals surface area contributed by atoms with Crippen molar-refractivity contribution in [2.75, 3.05) is 0 Å². The number of hydrogen-bond donors (Lipinski definition) is 0. The summed E-state index contributed by atoms with van der Waals surface area (Å²) < 4.78 is 192. The van der Waals surface area contributed by atoms with Gasteiger partial charge in [0, 0.05) is 159 Å². The van der Waals surface area contributed by atoms with Gasteiger partial charge in [-0.3, -0.25) is 0 Å². The van der Waals surface area contributed by atoms with Crippen LogP contribution in [0.15, 0.2) is 334 Å². The maximum atomic E-state index is 14.3. The molecule has 0 saturated carbocycles. The predicted octanol–water partition coefficient (Wildman–Crippen LogP) is 28.8. The Morgan fingerprint density at radius 2 is 0.461 bits per heavy atom. The first kappa shape index (κ1) is 93.2. The first-order valence-corrected chi connectivity index (χ1v) is 38.4. The number of hydrogen-bond acceptors (Lipinski definition) is 8. The Labute approximate surface area is 776 Å². The molecule has 20 aromatic rings. The number of alkyl halides is 14. The zero-order valence-electron chi connectivity index (χ0n) is 66.0. The molecule has 0 saturated heterocycles. The minimum atomic E-state index is -5.27. The Bertz CT molecular complexity index is 7200. The Kier molecular flexibility index (Phi) is 28.1. The minimum absolute atomic E-state index is 0. The van der Waals surface area contributed by atoms with E-state index < -0.39 is 58.4 Å². The molecule has 644 valence electrons. The molecule has 0 fully saturated rings. The van der Waals surface area contributed by atoms with Crippen LogP contribution >= 0.6 is 0 Å². The first-order valence-electron chi connectivity index (χ1n) is 38.4. The molecule has 0 N–H and O–H groups in total. The van der Waals surface area contributed by atoms with E-state index in [4.69, 9.17) is 0 Å². The third kappa shape index (κ3) is 19.5. The average molecular weight is 2430 g/mol. The summed E-state index contributed by atoms with van der Waals surface area (Å²) in [6.07, 6.45) is -19.4. The normalized spacial score (nSPS) is 11.6. The maximum absolute atomic E-state index is 14.3. The van der Waals surface area contributed by atoms with Crippen LogP contribution in [0.3, 0.4) is 0 Å². The summed E-state index contributed by atoms with van der Waals surface area (Å²) >= 11 is 0. The number of nitrogens with zero attached hydrogens (tertiary/aromatic N) is 8. The zero-order valence-corrected chi connectivity index (χ0v) is 75.5. The predicted molar refractivity (Wildman–Crippen MR) is 457 cm³/mol.